The third-order valence-electron chi connectivity index (χ3n) is 5.45. The smallest absolute Gasteiger partial charge is 0.414 e. The van der Waals surface area contributed by atoms with Gasteiger partial charge in [0, 0.05) is 13.1 Å². The topological polar surface area (TPSA) is 42.0 Å². The summed E-state index contributed by atoms with van der Waals surface area (Å²) in [4.78, 5) is 16.2. The maximum Gasteiger partial charge on any atom is 0.414 e. The van der Waals surface area contributed by atoms with E-state index in [1.807, 2.05) is 12.1 Å². The number of rotatable bonds is 6. The molecule has 1 saturated heterocycles. The first-order valence-electron chi connectivity index (χ1n) is 9.65. The molecule has 1 amide bonds. The molecule has 27 heavy (non-hydrogen) atoms. The second-order valence-electron chi connectivity index (χ2n) is 7.16. The number of amides is 1. The van der Waals surface area contributed by atoms with Crippen molar-refractivity contribution in [3.05, 3.63) is 59.2 Å². The van der Waals surface area contributed by atoms with Crippen LogP contribution < -0.4 is 9.64 Å². The van der Waals surface area contributed by atoms with Crippen LogP contribution in [0.15, 0.2) is 42.5 Å². The lowest BCUT2D eigenvalue weighted by Crippen LogP contribution is -2.33. The van der Waals surface area contributed by atoms with E-state index in [-0.39, 0.29) is 6.09 Å². The fraction of sp³-hybridized carbons (Fsp3) is 0.409. The Bertz CT molecular complexity index is 821. The summed E-state index contributed by atoms with van der Waals surface area (Å²) >= 11 is 0. The van der Waals surface area contributed by atoms with E-state index in [2.05, 4.69) is 35.2 Å². The van der Waals surface area contributed by atoms with Gasteiger partial charge in [0.05, 0.1) is 19.3 Å². The molecule has 0 spiro atoms. The van der Waals surface area contributed by atoms with Gasteiger partial charge in [0.15, 0.2) is 0 Å². The van der Waals surface area contributed by atoms with Gasteiger partial charge in [-0.3, -0.25) is 9.80 Å². The Hall–Kier alpha value is -2.53. The number of nitrogens with zero attached hydrogens (tertiary/aromatic N) is 2. The maximum atomic E-state index is 11.9. The van der Waals surface area contributed by atoms with Gasteiger partial charge in [-0.1, -0.05) is 24.3 Å². The van der Waals surface area contributed by atoms with Crippen molar-refractivity contribution in [1.82, 2.24) is 4.90 Å². The summed E-state index contributed by atoms with van der Waals surface area (Å²) in [6, 6.07) is 14.6. The largest absolute Gasteiger partial charge is 0.497 e. The molecule has 0 aliphatic carbocycles. The van der Waals surface area contributed by atoms with E-state index in [1.165, 1.54) is 16.7 Å². The summed E-state index contributed by atoms with van der Waals surface area (Å²) in [5.41, 5.74) is 4.99. The summed E-state index contributed by atoms with van der Waals surface area (Å²) in [7, 11) is 1.71. The molecule has 4 rings (SSSR count). The molecule has 0 atom stereocenters. The van der Waals surface area contributed by atoms with Crippen LogP contribution in [0.4, 0.5) is 10.5 Å². The molecule has 0 radical (unpaired) electrons. The van der Waals surface area contributed by atoms with Gasteiger partial charge in [-0.05, 0) is 60.7 Å². The van der Waals surface area contributed by atoms with E-state index >= 15 is 0 Å². The van der Waals surface area contributed by atoms with Crippen molar-refractivity contribution >= 4 is 11.8 Å². The Morgan fingerprint density at radius 3 is 2.85 bits per heavy atom. The van der Waals surface area contributed by atoms with Crippen LogP contribution in [0.5, 0.6) is 5.75 Å². The minimum Gasteiger partial charge on any atom is -0.497 e. The van der Waals surface area contributed by atoms with E-state index in [0.717, 1.165) is 50.3 Å². The zero-order valence-corrected chi connectivity index (χ0v) is 15.8. The number of aryl methyl sites for hydroxylation is 1. The molecule has 5 heteroatoms. The Balaban J connectivity index is 1.36. The highest BCUT2D eigenvalue weighted by Crippen LogP contribution is 2.30. The monoisotopic (exact) mass is 366 g/mol. The lowest BCUT2D eigenvalue weighted by molar-refractivity contribution is 0.181. The van der Waals surface area contributed by atoms with Crippen LogP contribution in [-0.2, 0) is 24.1 Å². The average molecular weight is 366 g/mol. The number of anilines is 1. The van der Waals surface area contributed by atoms with Crippen LogP contribution in [0.2, 0.25) is 0 Å². The number of cyclic esters (lactones) is 1. The summed E-state index contributed by atoms with van der Waals surface area (Å²) in [6.45, 7) is 4.19. The third kappa shape index (κ3) is 3.93. The highest BCUT2D eigenvalue weighted by atomic mass is 16.6. The van der Waals surface area contributed by atoms with E-state index in [4.69, 9.17) is 9.47 Å². The number of benzene rings is 2. The van der Waals surface area contributed by atoms with Crippen molar-refractivity contribution < 1.29 is 14.3 Å². The molecule has 0 saturated carbocycles. The van der Waals surface area contributed by atoms with Crippen molar-refractivity contribution in [3.63, 3.8) is 0 Å². The maximum absolute atomic E-state index is 11.9. The predicted molar refractivity (Wildman–Crippen MR) is 105 cm³/mol. The first kappa shape index (κ1) is 17.9. The van der Waals surface area contributed by atoms with Gasteiger partial charge in [0.1, 0.15) is 12.4 Å². The van der Waals surface area contributed by atoms with E-state index in [0.29, 0.717) is 13.2 Å². The first-order chi connectivity index (χ1) is 13.2. The lowest BCUT2D eigenvalue weighted by Gasteiger charge is -2.31. The minimum absolute atomic E-state index is 0.218. The standard InChI is InChI=1S/C22H26N2O3/c1-26-19-8-2-5-17(15-19)6-4-11-23-12-10-20-18(16-23)7-3-9-21(20)24-13-14-27-22(24)25/h2-3,5,7-9,15H,4,6,10-14,16H2,1H3. The van der Waals surface area contributed by atoms with E-state index < -0.39 is 0 Å². The third-order valence-corrected chi connectivity index (χ3v) is 5.45. The molecule has 5 nitrogen and oxygen atoms in total. The zero-order valence-electron chi connectivity index (χ0n) is 15.8. The molecule has 2 aliphatic heterocycles. The molecular formula is C22H26N2O3. The molecule has 0 aromatic heterocycles. The quantitative estimate of drug-likeness (QED) is 0.783. The predicted octanol–water partition coefficient (Wildman–Crippen LogP) is 3.64. The number of carbonyl (C=O) groups is 1. The van der Waals surface area contributed by atoms with E-state index in [9.17, 15) is 4.79 Å². The molecular weight excluding hydrogens is 340 g/mol. The highest BCUT2D eigenvalue weighted by molar-refractivity contribution is 5.90. The van der Waals surface area contributed by atoms with Crippen LogP contribution in [0.25, 0.3) is 0 Å². The fourth-order valence-electron chi connectivity index (χ4n) is 4.04. The van der Waals surface area contributed by atoms with Crippen molar-refractivity contribution in [2.75, 3.05) is 38.3 Å². The summed E-state index contributed by atoms with van der Waals surface area (Å²) in [5, 5.41) is 0. The molecule has 1 fully saturated rings. The van der Waals surface area contributed by atoms with Gasteiger partial charge in [-0.25, -0.2) is 4.79 Å². The van der Waals surface area contributed by atoms with Crippen molar-refractivity contribution in [3.8, 4) is 5.75 Å². The van der Waals surface area contributed by atoms with Gasteiger partial charge >= 0.3 is 6.09 Å². The molecule has 0 N–H and O–H groups in total. The Labute approximate surface area is 160 Å². The molecule has 0 bridgehead atoms. The van der Waals surface area contributed by atoms with Crippen molar-refractivity contribution in [2.45, 2.75) is 25.8 Å². The van der Waals surface area contributed by atoms with Crippen molar-refractivity contribution in [2.24, 2.45) is 0 Å². The van der Waals surface area contributed by atoms with Gasteiger partial charge in [-0.2, -0.15) is 0 Å². The second kappa shape index (κ2) is 8.01. The molecule has 2 heterocycles. The number of fused-ring (bicyclic) bond motifs is 1. The fourth-order valence-corrected chi connectivity index (χ4v) is 4.04. The summed E-state index contributed by atoms with van der Waals surface area (Å²) in [5.74, 6) is 0.923. The van der Waals surface area contributed by atoms with Crippen LogP contribution >= 0.6 is 0 Å². The SMILES string of the molecule is COc1cccc(CCCN2CCc3c(cccc3N3CCOC3=O)C2)c1. The van der Waals surface area contributed by atoms with Crippen LogP contribution in [0, 0.1) is 0 Å². The lowest BCUT2D eigenvalue weighted by atomic mass is 9.97. The molecule has 0 unspecified atom stereocenters. The summed E-state index contributed by atoms with van der Waals surface area (Å²) in [6.07, 6.45) is 2.94. The zero-order chi connectivity index (χ0) is 18.6. The average Bonchev–Trinajstić information content (AvgIpc) is 3.13. The number of carbonyl (C=O) groups excluding carboxylic acids is 1. The molecule has 2 aromatic rings. The number of ether oxygens (including phenoxy) is 2. The number of hydrogen-bond acceptors (Lipinski definition) is 4. The molecule has 2 aliphatic rings. The Morgan fingerprint density at radius 2 is 2.04 bits per heavy atom. The van der Waals surface area contributed by atoms with Gasteiger partial charge in [0.25, 0.3) is 0 Å². The van der Waals surface area contributed by atoms with Gasteiger partial charge in [-0.15, -0.1) is 0 Å². The van der Waals surface area contributed by atoms with Crippen LogP contribution in [0.3, 0.4) is 0 Å². The van der Waals surface area contributed by atoms with Gasteiger partial charge in [0.2, 0.25) is 0 Å². The molecule has 2 aromatic carbocycles. The number of hydrogen-bond donors (Lipinski definition) is 0. The first-order valence-corrected chi connectivity index (χ1v) is 9.65. The van der Waals surface area contributed by atoms with Crippen LogP contribution in [0.1, 0.15) is 23.1 Å². The Morgan fingerprint density at radius 1 is 1.15 bits per heavy atom. The van der Waals surface area contributed by atoms with Crippen LogP contribution in [-0.4, -0.2) is 44.3 Å². The minimum atomic E-state index is -0.218. The summed E-state index contributed by atoms with van der Waals surface area (Å²) < 4.78 is 10.4. The Kier molecular flexibility index (Phi) is 5.30. The van der Waals surface area contributed by atoms with Gasteiger partial charge < -0.3 is 9.47 Å². The van der Waals surface area contributed by atoms with Crippen molar-refractivity contribution in [1.29, 1.82) is 0 Å². The highest BCUT2D eigenvalue weighted by Gasteiger charge is 2.28. The molecule has 142 valence electrons. The number of methoxy groups -OCH3 is 1. The van der Waals surface area contributed by atoms with E-state index in [1.54, 1.807) is 12.0 Å². The normalized spacial score (nSPS) is 16.9. The second-order valence-corrected chi connectivity index (χ2v) is 7.16.